The van der Waals surface area contributed by atoms with Crippen LogP contribution >= 0.6 is 11.3 Å². The maximum absolute atomic E-state index is 12.2. The second-order valence-corrected chi connectivity index (χ2v) is 7.02. The van der Waals surface area contributed by atoms with Crippen LogP contribution in [0.3, 0.4) is 0 Å². The van der Waals surface area contributed by atoms with Crippen LogP contribution in [0.15, 0.2) is 53.9 Å². The Labute approximate surface area is 163 Å². The predicted molar refractivity (Wildman–Crippen MR) is 109 cm³/mol. The van der Waals surface area contributed by atoms with Gasteiger partial charge in [0.25, 0.3) is 5.91 Å². The van der Waals surface area contributed by atoms with E-state index in [0.29, 0.717) is 18.1 Å². The fourth-order valence-corrected chi connectivity index (χ4v) is 3.08. The number of amides is 1. The number of thiazole rings is 1. The van der Waals surface area contributed by atoms with Crippen LogP contribution < -0.4 is 14.8 Å². The van der Waals surface area contributed by atoms with E-state index in [0.717, 1.165) is 28.4 Å². The Morgan fingerprint density at radius 1 is 1.07 bits per heavy atom. The van der Waals surface area contributed by atoms with Gasteiger partial charge in [-0.1, -0.05) is 31.2 Å². The fraction of sp³-hybridized carbons (Fsp3) is 0.238. The average Bonchev–Trinajstić information content (AvgIpc) is 3.12. The number of nitrogens with zero attached hydrogens (tertiary/aromatic N) is 1. The first-order chi connectivity index (χ1) is 13.2. The Morgan fingerprint density at radius 3 is 2.41 bits per heavy atom. The van der Waals surface area contributed by atoms with Gasteiger partial charge in [0, 0.05) is 16.6 Å². The van der Waals surface area contributed by atoms with Crippen molar-refractivity contribution in [3.05, 3.63) is 58.9 Å². The lowest BCUT2D eigenvalue weighted by Crippen LogP contribution is -2.20. The van der Waals surface area contributed by atoms with Gasteiger partial charge in [-0.25, -0.2) is 4.98 Å². The highest BCUT2D eigenvalue weighted by atomic mass is 32.1. The van der Waals surface area contributed by atoms with Gasteiger partial charge in [0.1, 0.15) is 0 Å². The minimum atomic E-state index is -0.224. The van der Waals surface area contributed by atoms with Gasteiger partial charge in [-0.3, -0.25) is 4.79 Å². The van der Waals surface area contributed by atoms with Crippen molar-refractivity contribution in [2.75, 3.05) is 18.5 Å². The van der Waals surface area contributed by atoms with Gasteiger partial charge in [-0.2, -0.15) is 0 Å². The number of aryl methyl sites for hydroxylation is 1. The summed E-state index contributed by atoms with van der Waals surface area (Å²) in [4.78, 5) is 16.6. The lowest BCUT2D eigenvalue weighted by atomic mass is 10.1. The van der Waals surface area contributed by atoms with Crippen molar-refractivity contribution in [2.45, 2.75) is 20.3 Å². The lowest BCUT2D eigenvalue weighted by molar-refractivity contribution is -0.118. The Balaban J connectivity index is 1.55. The molecule has 0 spiro atoms. The number of rotatable bonds is 8. The molecule has 3 rings (SSSR count). The second-order valence-electron chi connectivity index (χ2n) is 5.96. The van der Waals surface area contributed by atoms with Crippen LogP contribution in [0.2, 0.25) is 0 Å². The monoisotopic (exact) mass is 382 g/mol. The van der Waals surface area contributed by atoms with E-state index in [1.54, 1.807) is 17.4 Å². The first-order valence-electron chi connectivity index (χ1n) is 8.82. The Morgan fingerprint density at radius 2 is 1.78 bits per heavy atom. The van der Waals surface area contributed by atoms with E-state index in [1.165, 1.54) is 0 Å². The molecule has 0 unspecified atom stereocenters. The number of benzene rings is 2. The normalized spacial score (nSPS) is 10.4. The van der Waals surface area contributed by atoms with E-state index >= 15 is 0 Å². The molecule has 0 saturated carbocycles. The third-order valence-electron chi connectivity index (χ3n) is 3.75. The zero-order valence-corrected chi connectivity index (χ0v) is 16.2. The molecular weight excluding hydrogens is 360 g/mol. The van der Waals surface area contributed by atoms with Crippen LogP contribution in [0.1, 0.15) is 18.4 Å². The van der Waals surface area contributed by atoms with Gasteiger partial charge in [0.2, 0.25) is 0 Å². The van der Waals surface area contributed by atoms with Gasteiger partial charge >= 0.3 is 0 Å². The molecule has 0 aliphatic heterocycles. The van der Waals surface area contributed by atoms with E-state index in [2.05, 4.69) is 10.3 Å². The van der Waals surface area contributed by atoms with Crippen molar-refractivity contribution in [3.63, 3.8) is 0 Å². The summed E-state index contributed by atoms with van der Waals surface area (Å²) in [5.74, 6) is 0.989. The van der Waals surface area contributed by atoms with Crippen LogP contribution in [0.25, 0.3) is 11.3 Å². The molecule has 0 bridgehead atoms. The summed E-state index contributed by atoms with van der Waals surface area (Å²) in [6.45, 7) is 4.54. The highest BCUT2D eigenvalue weighted by Gasteiger charge is 2.08. The number of para-hydroxylation sites is 2. The molecule has 0 aliphatic rings. The van der Waals surface area contributed by atoms with E-state index < -0.39 is 0 Å². The highest BCUT2D eigenvalue weighted by molar-refractivity contribution is 7.09. The summed E-state index contributed by atoms with van der Waals surface area (Å²) < 4.78 is 11.3. The highest BCUT2D eigenvalue weighted by Crippen LogP contribution is 2.27. The standard InChI is InChI=1S/C21H22N2O3S/c1-3-12-25-19-6-4-5-7-20(19)26-13-21(24)23-17-10-8-16(9-11-17)18-14-27-15(2)22-18/h4-11,14H,3,12-13H2,1-2H3,(H,23,24). The predicted octanol–water partition coefficient (Wildman–Crippen LogP) is 4.92. The summed E-state index contributed by atoms with van der Waals surface area (Å²) in [5.41, 5.74) is 2.69. The molecule has 1 N–H and O–H groups in total. The third-order valence-corrected chi connectivity index (χ3v) is 4.53. The Bertz CT molecular complexity index is 890. The molecular formula is C21H22N2O3S. The van der Waals surface area contributed by atoms with Crippen molar-refractivity contribution >= 4 is 22.9 Å². The number of hydrogen-bond acceptors (Lipinski definition) is 5. The first kappa shape index (κ1) is 18.9. The van der Waals surface area contributed by atoms with Gasteiger partial charge in [-0.15, -0.1) is 11.3 Å². The number of ether oxygens (including phenoxy) is 2. The maximum Gasteiger partial charge on any atom is 0.262 e. The van der Waals surface area contributed by atoms with Gasteiger partial charge < -0.3 is 14.8 Å². The molecule has 0 atom stereocenters. The molecule has 6 heteroatoms. The summed E-state index contributed by atoms with van der Waals surface area (Å²) >= 11 is 1.62. The lowest BCUT2D eigenvalue weighted by Gasteiger charge is -2.12. The first-order valence-corrected chi connectivity index (χ1v) is 9.70. The van der Waals surface area contributed by atoms with E-state index in [9.17, 15) is 4.79 Å². The summed E-state index contributed by atoms with van der Waals surface area (Å²) in [7, 11) is 0. The SMILES string of the molecule is CCCOc1ccccc1OCC(=O)Nc1ccc(-c2csc(C)n2)cc1. The topological polar surface area (TPSA) is 60.5 Å². The zero-order chi connectivity index (χ0) is 19.1. The van der Waals surface area contributed by atoms with Gasteiger partial charge in [0.05, 0.1) is 17.3 Å². The quantitative estimate of drug-likeness (QED) is 0.600. The zero-order valence-electron chi connectivity index (χ0n) is 15.4. The van der Waals surface area contributed by atoms with Gasteiger partial charge in [0.15, 0.2) is 18.1 Å². The number of nitrogens with one attached hydrogen (secondary N) is 1. The van der Waals surface area contributed by atoms with Crippen molar-refractivity contribution < 1.29 is 14.3 Å². The van der Waals surface area contributed by atoms with Crippen molar-refractivity contribution in [2.24, 2.45) is 0 Å². The molecule has 0 aliphatic carbocycles. The molecule has 3 aromatic rings. The van der Waals surface area contributed by atoms with Crippen molar-refractivity contribution in [1.82, 2.24) is 4.98 Å². The van der Waals surface area contributed by atoms with Crippen LogP contribution in [0.4, 0.5) is 5.69 Å². The fourth-order valence-electron chi connectivity index (χ4n) is 2.46. The van der Waals surface area contributed by atoms with E-state index in [4.69, 9.17) is 9.47 Å². The molecule has 1 amide bonds. The smallest absolute Gasteiger partial charge is 0.262 e. The molecule has 1 aromatic heterocycles. The molecule has 27 heavy (non-hydrogen) atoms. The molecule has 2 aromatic carbocycles. The van der Waals surface area contributed by atoms with Crippen molar-refractivity contribution in [1.29, 1.82) is 0 Å². The van der Waals surface area contributed by atoms with Crippen LogP contribution in [-0.4, -0.2) is 24.1 Å². The maximum atomic E-state index is 12.2. The molecule has 1 heterocycles. The Hall–Kier alpha value is -2.86. The van der Waals surface area contributed by atoms with Crippen LogP contribution in [-0.2, 0) is 4.79 Å². The second kappa shape index (κ2) is 9.19. The number of carbonyl (C=O) groups excluding carboxylic acids is 1. The van der Waals surface area contributed by atoms with E-state index in [1.807, 2.05) is 61.7 Å². The summed E-state index contributed by atoms with van der Waals surface area (Å²) in [6, 6.07) is 15.0. The molecule has 0 radical (unpaired) electrons. The third kappa shape index (κ3) is 5.31. The average molecular weight is 382 g/mol. The van der Waals surface area contributed by atoms with Crippen LogP contribution in [0.5, 0.6) is 11.5 Å². The molecule has 0 fully saturated rings. The molecule has 5 nitrogen and oxygen atoms in total. The number of anilines is 1. The number of hydrogen-bond donors (Lipinski definition) is 1. The van der Waals surface area contributed by atoms with E-state index in [-0.39, 0.29) is 12.5 Å². The minimum Gasteiger partial charge on any atom is -0.490 e. The molecule has 140 valence electrons. The number of carbonyl (C=O) groups is 1. The largest absolute Gasteiger partial charge is 0.490 e. The summed E-state index contributed by atoms with van der Waals surface area (Å²) in [5, 5.41) is 5.89. The van der Waals surface area contributed by atoms with Gasteiger partial charge in [-0.05, 0) is 37.6 Å². The molecule has 0 saturated heterocycles. The van der Waals surface area contributed by atoms with Crippen molar-refractivity contribution in [3.8, 4) is 22.8 Å². The minimum absolute atomic E-state index is 0.0838. The van der Waals surface area contributed by atoms with Crippen LogP contribution in [0, 0.1) is 6.92 Å². The Kier molecular flexibility index (Phi) is 6.44. The number of aromatic nitrogens is 1. The summed E-state index contributed by atoms with van der Waals surface area (Å²) in [6.07, 6.45) is 0.908.